The van der Waals surface area contributed by atoms with Gasteiger partial charge < -0.3 is 9.15 Å². The molecule has 4 heteroatoms. The standard InChI is InChI=1S/C17H19IO3/c1-2-3-4-5-12-20-14-8-6-13(7-9-14)16-11-10-15(18)17(19)21-16/h6-11H,2-5,12H2,1H3. The lowest BCUT2D eigenvalue weighted by Crippen LogP contribution is -2.02. The number of unbranched alkanes of at least 4 members (excludes halogenated alkanes) is 3. The maximum atomic E-state index is 11.5. The summed E-state index contributed by atoms with van der Waals surface area (Å²) in [7, 11) is 0. The van der Waals surface area contributed by atoms with Gasteiger partial charge in [-0.25, -0.2) is 4.79 Å². The zero-order valence-corrected chi connectivity index (χ0v) is 14.3. The van der Waals surface area contributed by atoms with Crippen LogP contribution in [0.15, 0.2) is 45.6 Å². The lowest BCUT2D eigenvalue weighted by Gasteiger charge is -2.07. The fraction of sp³-hybridized carbons (Fsp3) is 0.353. The van der Waals surface area contributed by atoms with Crippen molar-refractivity contribution in [2.24, 2.45) is 0 Å². The van der Waals surface area contributed by atoms with Gasteiger partial charge in [0.25, 0.3) is 0 Å². The van der Waals surface area contributed by atoms with E-state index in [-0.39, 0.29) is 5.63 Å². The molecule has 3 nitrogen and oxygen atoms in total. The number of halogens is 1. The maximum Gasteiger partial charge on any atom is 0.349 e. The second-order valence-electron chi connectivity index (χ2n) is 4.87. The molecular formula is C17H19IO3. The monoisotopic (exact) mass is 398 g/mol. The first-order chi connectivity index (χ1) is 10.2. The molecule has 0 amide bonds. The molecule has 2 aromatic rings. The Kier molecular flexibility index (Phi) is 6.29. The van der Waals surface area contributed by atoms with E-state index in [1.807, 2.05) is 52.9 Å². The van der Waals surface area contributed by atoms with E-state index in [9.17, 15) is 4.79 Å². The highest BCUT2D eigenvalue weighted by molar-refractivity contribution is 14.1. The van der Waals surface area contributed by atoms with Crippen molar-refractivity contribution in [1.29, 1.82) is 0 Å². The minimum atomic E-state index is -0.302. The highest BCUT2D eigenvalue weighted by atomic mass is 127. The van der Waals surface area contributed by atoms with E-state index in [0.29, 0.717) is 9.33 Å². The molecule has 1 heterocycles. The fourth-order valence-electron chi connectivity index (χ4n) is 1.99. The summed E-state index contributed by atoms with van der Waals surface area (Å²) in [4.78, 5) is 11.5. The van der Waals surface area contributed by atoms with Crippen LogP contribution in [0.3, 0.4) is 0 Å². The van der Waals surface area contributed by atoms with Crippen LogP contribution in [0.5, 0.6) is 5.75 Å². The zero-order valence-electron chi connectivity index (χ0n) is 12.1. The van der Waals surface area contributed by atoms with Crippen molar-refractivity contribution in [2.45, 2.75) is 32.6 Å². The minimum absolute atomic E-state index is 0.302. The third-order valence-electron chi connectivity index (χ3n) is 3.18. The van der Waals surface area contributed by atoms with Gasteiger partial charge in [0.2, 0.25) is 0 Å². The van der Waals surface area contributed by atoms with E-state index in [4.69, 9.17) is 9.15 Å². The largest absolute Gasteiger partial charge is 0.494 e. The molecule has 112 valence electrons. The molecule has 21 heavy (non-hydrogen) atoms. The Morgan fingerprint density at radius 2 is 1.81 bits per heavy atom. The molecule has 0 aliphatic rings. The summed E-state index contributed by atoms with van der Waals surface area (Å²) >= 11 is 1.96. The van der Waals surface area contributed by atoms with E-state index in [0.717, 1.165) is 24.3 Å². The molecule has 0 saturated heterocycles. The molecule has 2 rings (SSSR count). The van der Waals surface area contributed by atoms with Crippen molar-refractivity contribution in [2.75, 3.05) is 6.61 Å². The Morgan fingerprint density at radius 3 is 2.48 bits per heavy atom. The third kappa shape index (κ3) is 4.88. The Balaban J connectivity index is 1.95. The lowest BCUT2D eigenvalue weighted by atomic mass is 10.1. The molecule has 1 aromatic heterocycles. The Morgan fingerprint density at radius 1 is 1.05 bits per heavy atom. The van der Waals surface area contributed by atoms with Gasteiger partial charge in [-0.2, -0.15) is 0 Å². The van der Waals surface area contributed by atoms with Gasteiger partial charge in [0.05, 0.1) is 10.2 Å². The van der Waals surface area contributed by atoms with Crippen LogP contribution in [0.2, 0.25) is 0 Å². The van der Waals surface area contributed by atoms with Crippen molar-refractivity contribution in [3.8, 4) is 17.1 Å². The smallest absolute Gasteiger partial charge is 0.349 e. The van der Waals surface area contributed by atoms with Crippen LogP contribution in [-0.4, -0.2) is 6.61 Å². The third-order valence-corrected chi connectivity index (χ3v) is 3.98. The van der Waals surface area contributed by atoms with E-state index in [1.54, 1.807) is 6.07 Å². The molecule has 0 aliphatic heterocycles. The van der Waals surface area contributed by atoms with Gasteiger partial charge in [-0.05, 0) is 65.4 Å². The van der Waals surface area contributed by atoms with E-state index < -0.39 is 0 Å². The first kappa shape index (κ1) is 16.1. The number of benzene rings is 1. The summed E-state index contributed by atoms with van der Waals surface area (Å²) in [5, 5.41) is 0. The van der Waals surface area contributed by atoms with Gasteiger partial charge in [-0.3, -0.25) is 0 Å². The molecule has 0 saturated carbocycles. The average molecular weight is 398 g/mol. The van der Waals surface area contributed by atoms with Gasteiger partial charge in [0, 0.05) is 5.56 Å². The highest BCUT2D eigenvalue weighted by Gasteiger charge is 2.04. The topological polar surface area (TPSA) is 39.4 Å². The van der Waals surface area contributed by atoms with E-state index in [2.05, 4.69) is 6.92 Å². The molecular weight excluding hydrogens is 379 g/mol. The van der Waals surface area contributed by atoms with Gasteiger partial charge in [0.15, 0.2) is 0 Å². The number of hydrogen-bond acceptors (Lipinski definition) is 3. The molecule has 0 radical (unpaired) electrons. The highest BCUT2D eigenvalue weighted by Crippen LogP contribution is 2.22. The first-order valence-electron chi connectivity index (χ1n) is 7.23. The number of hydrogen-bond donors (Lipinski definition) is 0. The molecule has 0 aliphatic carbocycles. The Labute approximate surface area is 138 Å². The second kappa shape index (κ2) is 8.22. The molecule has 0 atom stereocenters. The predicted molar refractivity (Wildman–Crippen MR) is 92.8 cm³/mol. The summed E-state index contributed by atoms with van der Waals surface area (Å²) in [5.41, 5.74) is 0.575. The molecule has 0 bridgehead atoms. The molecule has 1 aromatic carbocycles. The normalized spacial score (nSPS) is 10.6. The van der Waals surface area contributed by atoms with Crippen LogP contribution < -0.4 is 10.4 Å². The molecule has 0 spiro atoms. The fourth-order valence-corrected chi connectivity index (χ4v) is 2.28. The van der Waals surface area contributed by atoms with Crippen molar-refractivity contribution in [3.05, 3.63) is 50.4 Å². The predicted octanol–water partition coefficient (Wildman–Crippen LogP) is 4.87. The molecule has 0 unspecified atom stereocenters. The van der Waals surface area contributed by atoms with Crippen LogP contribution in [0, 0.1) is 3.57 Å². The van der Waals surface area contributed by atoms with Crippen molar-refractivity contribution in [1.82, 2.24) is 0 Å². The zero-order chi connectivity index (χ0) is 15.1. The second-order valence-corrected chi connectivity index (χ2v) is 6.03. The van der Waals surface area contributed by atoms with Gasteiger partial charge in [-0.15, -0.1) is 0 Å². The number of ether oxygens (including phenoxy) is 1. The van der Waals surface area contributed by atoms with Gasteiger partial charge in [0.1, 0.15) is 11.5 Å². The van der Waals surface area contributed by atoms with Crippen molar-refractivity contribution >= 4 is 22.6 Å². The van der Waals surface area contributed by atoms with Crippen LogP contribution in [0.1, 0.15) is 32.6 Å². The van der Waals surface area contributed by atoms with Gasteiger partial charge in [-0.1, -0.05) is 26.2 Å². The van der Waals surface area contributed by atoms with Gasteiger partial charge >= 0.3 is 5.63 Å². The Hall–Kier alpha value is -1.30. The summed E-state index contributed by atoms with van der Waals surface area (Å²) in [6.07, 6.45) is 4.79. The summed E-state index contributed by atoms with van der Waals surface area (Å²) in [6.45, 7) is 2.94. The van der Waals surface area contributed by atoms with Crippen molar-refractivity contribution < 1.29 is 9.15 Å². The number of rotatable bonds is 7. The first-order valence-corrected chi connectivity index (χ1v) is 8.31. The quantitative estimate of drug-likeness (QED) is 0.494. The van der Waals surface area contributed by atoms with E-state index in [1.165, 1.54) is 19.3 Å². The van der Waals surface area contributed by atoms with Crippen molar-refractivity contribution in [3.63, 3.8) is 0 Å². The summed E-state index contributed by atoms with van der Waals surface area (Å²) < 4.78 is 11.5. The van der Waals surface area contributed by atoms with E-state index >= 15 is 0 Å². The van der Waals surface area contributed by atoms with Crippen LogP contribution in [0.25, 0.3) is 11.3 Å². The maximum absolute atomic E-state index is 11.5. The summed E-state index contributed by atoms with van der Waals surface area (Å²) in [6, 6.07) is 11.2. The minimum Gasteiger partial charge on any atom is -0.494 e. The Bertz CT molecular complexity index is 617. The molecule has 0 fully saturated rings. The molecule has 0 N–H and O–H groups in total. The van der Waals surface area contributed by atoms with Crippen LogP contribution >= 0.6 is 22.6 Å². The SMILES string of the molecule is CCCCCCOc1ccc(-c2ccc(I)c(=O)o2)cc1. The van der Waals surface area contributed by atoms with Crippen LogP contribution in [-0.2, 0) is 0 Å². The van der Waals surface area contributed by atoms with Crippen LogP contribution in [0.4, 0.5) is 0 Å². The average Bonchev–Trinajstić information content (AvgIpc) is 2.50. The lowest BCUT2D eigenvalue weighted by molar-refractivity contribution is 0.305. The summed E-state index contributed by atoms with van der Waals surface area (Å²) in [5.74, 6) is 1.43.